The molecule has 1 aromatic carbocycles. The number of hydrogen-bond donors (Lipinski definition) is 3. The molecule has 1 aromatic heterocycles. The standard InChI is InChI=1S/C13H15ClN4O/c1-7-11(8(2)18-17-7)6-16-9-3-4-12(14)10(5-9)13(15)19/h3-5,16H,6H2,1-2H3,(H2,15,19)(H,17,18). The maximum absolute atomic E-state index is 11.2. The first-order valence-electron chi connectivity index (χ1n) is 5.82. The van der Waals surface area contributed by atoms with Crippen molar-refractivity contribution in [3.05, 3.63) is 45.7 Å². The molecule has 0 bridgehead atoms. The van der Waals surface area contributed by atoms with E-state index in [1.54, 1.807) is 18.2 Å². The first-order chi connectivity index (χ1) is 8.99. The van der Waals surface area contributed by atoms with E-state index in [1.807, 2.05) is 13.8 Å². The molecule has 0 atom stereocenters. The van der Waals surface area contributed by atoms with E-state index in [-0.39, 0.29) is 0 Å². The minimum atomic E-state index is -0.538. The van der Waals surface area contributed by atoms with Crippen LogP contribution in [0.4, 0.5) is 5.69 Å². The van der Waals surface area contributed by atoms with Gasteiger partial charge in [0.2, 0.25) is 5.91 Å². The minimum Gasteiger partial charge on any atom is -0.381 e. The van der Waals surface area contributed by atoms with Crippen LogP contribution in [0.5, 0.6) is 0 Å². The van der Waals surface area contributed by atoms with Crippen molar-refractivity contribution in [2.75, 3.05) is 5.32 Å². The molecule has 0 saturated heterocycles. The smallest absolute Gasteiger partial charge is 0.250 e. The Bertz CT molecular complexity index is 602. The largest absolute Gasteiger partial charge is 0.381 e. The highest BCUT2D eigenvalue weighted by molar-refractivity contribution is 6.33. The molecule has 2 aromatic rings. The maximum Gasteiger partial charge on any atom is 0.250 e. The van der Waals surface area contributed by atoms with Crippen LogP contribution in [0.25, 0.3) is 0 Å². The van der Waals surface area contributed by atoms with Crippen LogP contribution in [0.2, 0.25) is 5.02 Å². The second kappa shape index (κ2) is 5.32. The number of hydrogen-bond acceptors (Lipinski definition) is 3. The van der Waals surface area contributed by atoms with Gasteiger partial charge in [-0.25, -0.2) is 0 Å². The minimum absolute atomic E-state index is 0.312. The lowest BCUT2D eigenvalue weighted by molar-refractivity contribution is 0.100. The number of nitrogens with two attached hydrogens (primary N) is 1. The molecule has 0 aliphatic heterocycles. The van der Waals surface area contributed by atoms with Crippen molar-refractivity contribution in [3.8, 4) is 0 Å². The molecule has 1 amide bonds. The van der Waals surface area contributed by atoms with Gasteiger partial charge in [0.15, 0.2) is 0 Å². The summed E-state index contributed by atoms with van der Waals surface area (Å²) in [4.78, 5) is 11.2. The molecule has 5 nitrogen and oxygen atoms in total. The predicted molar refractivity (Wildman–Crippen MR) is 75.4 cm³/mol. The Hall–Kier alpha value is -2.01. The Balaban J connectivity index is 2.16. The number of rotatable bonds is 4. The second-order valence-electron chi connectivity index (χ2n) is 4.33. The monoisotopic (exact) mass is 278 g/mol. The molecule has 0 radical (unpaired) electrons. The third-order valence-electron chi connectivity index (χ3n) is 2.98. The first kappa shape index (κ1) is 13.4. The van der Waals surface area contributed by atoms with Gasteiger partial charge in [-0.05, 0) is 32.0 Å². The highest BCUT2D eigenvalue weighted by atomic mass is 35.5. The van der Waals surface area contributed by atoms with Gasteiger partial charge in [0, 0.05) is 23.5 Å². The Labute approximate surface area is 116 Å². The van der Waals surface area contributed by atoms with Gasteiger partial charge in [0.1, 0.15) is 0 Å². The number of amides is 1. The highest BCUT2D eigenvalue weighted by Gasteiger charge is 2.09. The van der Waals surface area contributed by atoms with Crippen molar-refractivity contribution >= 4 is 23.2 Å². The van der Waals surface area contributed by atoms with Crippen molar-refractivity contribution < 1.29 is 4.79 Å². The van der Waals surface area contributed by atoms with E-state index < -0.39 is 5.91 Å². The number of halogens is 1. The van der Waals surface area contributed by atoms with E-state index >= 15 is 0 Å². The molecule has 0 aliphatic rings. The summed E-state index contributed by atoms with van der Waals surface area (Å²) in [5, 5.41) is 10.6. The molecular formula is C13H15ClN4O. The normalized spacial score (nSPS) is 10.5. The third kappa shape index (κ3) is 2.88. The van der Waals surface area contributed by atoms with Crippen LogP contribution in [0.3, 0.4) is 0 Å². The highest BCUT2D eigenvalue weighted by Crippen LogP contribution is 2.21. The average Bonchev–Trinajstić information content (AvgIpc) is 2.68. The molecular weight excluding hydrogens is 264 g/mol. The quantitative estimate of drug-likeness (QED) is 0.803. The molecule has 100 valence electrons. The summed E-state index contributed by atoms with van der Waals surface area (Å²) in [5.41, 5.74) is 9.44. The number of carbonyl (C=O) groups is 1. The predicted octanol–water partition coefficient (Wildman–Crippen LogP) is 2.39. The van der Waals surface area contributed by atoms with Crippen molar-refractivity contribution in [3.63, 3.8) is 0 Å². The summed E-state index contributed by atoms with van der Waals surface area (Å²) in [6, 6.07) is 5.11. The van der Waals surface area contributed by atoms with Crippen LogP contribution in [0.15, 0.2) is 18.2 Å². The lowest BCUT2D eigenvalue weighted by Gasteiger charge is -2.08. The summed E-state index contributed by atoms with van der Waals surface area (Å²) >= 11 is 5.90. The SMILES string of the molecule is Cc1n[nH]c(C)c1CNc1ccc(Cl)c(C(N)=O)c1. The van der Waals surface area contributed by atoms with Crippen molar-refractivity contribution in [2.45, 2.75) is 20.4 Å². The van der Waals surface area contributed by atoms with Crippen LogP contribution in [0, 0.1) is 13.8 Å². The number of aromatic nitrogens is 2. The zero-order valence-electron chi connectivity index (χ0n) is 10.7. The maximum atomic E-state index is 11.2. The average molecular weight is 279 g/mol. The molecule has 1 heterocycles. The van der Waals surface area contributed by atoms with Crippen LogP contribution >= 0.6 is 11.6 Å². The number of aromatic amines is 1. The van der Waals surface area contributed by atoms with E-state index in [1.165, 1.54) is 0 Å². The van der Waals surface area contributed by atoms with E-state index in [0.717, 1.165) is 22.6 Å². The van der Waals surface area contributed by atoms with Crippen molar-refractivity contribution in [1.29, 1.82) is 0 Å². The van der Waals surface area contributed by atoms with Gasteiger partial charge >= 0.3 is 0 Å². The summed E-state index contributed by atoms with van der Waals surface area (Å²) in [6.07, 6.45) is 0. The summed E-state index contributed by atoms with van der Waals surface area (Å²) in [7, 11) is 0. The van der Waals surface area contributed by atoms with E-state index in [2.05, 4.69) is 15.5 Å². The fourth-order valence-corrected chi connectivity index (χ4v) is 2.06. The lowest BCUT2D eigenvalue weighted by atomic mass is 10.1. The number of primary amides is 1. The fraction of sp³-hybridized carbons (Fsp3) is 0.231. The summed E-state index contributed by atoms with van der Waals surface area (Å²) in [5.74, 6) is -0.538. The Morgan fingerprint density at radius 2 is 2.21 bits per heavy atom. The van der Waals surface area contributed by atoms with Gasteiger partial charge in [-0.15, -0.1) is 0 Å². The van der Waals surface area contributed by atoms with Crippen LogP contribution in [-0.4, -0.2) is 16.1 Å². The number of nitrogens with one attached hydrogen (secondary N) is 2. The van der Waals surface area contributed by atoms with Crippen molar-refractivity contribution in [2.24, 2.45) is 5.73 Å². The third-order valence-corrected chi connectivity index (χ3v) is 3.31. The molecule has 0 fully saturated rings. The first-order valence-corrected chi connectivity index (χ1v) is 6.20. The molecule has 0 saturated carbocycles. The summed E-state index contributed by atoms with van der Waals surface area (Å²) in [6.45, 7) is 4.53. The number of carbonyl (C=O) groups excluding carboxylic acids is 1. The van der Waals surface area contributed by atoms with Crippen LogP contribution < -0.4 is 11.1 Å². The van der Waals surface area contributed by atoms with Crippen molar-refractivity contribution in [1.82, 2.24) is 10.2 Å². The molecule has 19 heavy (non-hydrogen) atoms. The van der Waals surface area contributed by atoms with E-state index in [0.29, 0.717) is 17.1 Å². The molecule has 0 unspecified atom stereocenters. The Morgan fingerprint density at radius 3 is 2.79 bits per heavy atom. The van der Waals surface area contributed by atoms with Gasteiger partial charge < -0.3 is 11.1 Å². The number of nitrogens with zero attached hydrogens (tertiary/aromatic N) is 1. The zero-order chi connectivity index (χ0) is 14.0. The topological polar surface area (TPSA) is 83.8 Å². The molecule has 0 spiro atoms. The number of H-pyrrole nitrogens is 1. The lowest BCUT2D eigenvalue weighted by Crippen LogP contribution is -2.12. The van der Waals surface area contributed by atoms with Gasteiger partial charge in [0.05, 0.1) is 16.3 Å². The van der Waals surface area contributed by atoms with E-state index in [4.69, 9.17) is 17.3 Å². The van der Waals surface area contributed by atoms with Gasteiger partial charge in [0.25, 0.3) is 0 Å². The van der Waals surface area contributed by atoms with Gasteiger partial charge in [-0.1, -0.05) is 11.6 Å². The van der Waals surface area contributed by atoms with Gasteiger partial charge in [-0.2, -0.15) is 5.10 Å². The Morgan fingerprint density at radius 1 is 1.47 bits per heavy atom. The second-order valence-corrected chi connectivity index (χ2v) is 4.73. The molecule has 0 aliphatic carbocycles. The van der Waals surface area contributed by atoms with Gasteiger partial charge in [-0.3, -0.25) is 9.89 Å². The number of benzene rings is 1. The number of anilines is 1. The summed E-state index contributed by atoms with van der Waals surface area (Å²) < 4.78 is 0. The number of aryl methyl sites for hydroxylation is 2. The van der Waals surface area contributed by atoms with E-state index in [9.17, 15) is 4.79 Å². The van der Waals surface area contributed by atoms with Crippen LogP contribution in [-0.2, 0) is 6.54 Å². The van der Waals surface area contributed by atoms with Crippen LogP contribution in [0.1, 0.15) is 27.3 Å². The molecule has 2 rings (SSSR count). The fourth-order valence-electron chi connectivity index (χ4n) is 1.85. The molecule has 4 N–H and O–H groups in total. The zero-order valence-corrected chi connectivity index (χ0v) is 11.5. The molecule has 6 heteroatoms. The Kier molecular flexibility index (Phi) is 3.76.